The lowest BCUT2D eigenvalue weighted by molar-refractivity contribution is 0.549. The first-order chi connectivity index (χ1) is 8.85. The van der Waals surface area contributed by atoms with E-state index in [4.69, 9.17) is 0 Å². The second-order valence-corrected chi connectivity index (χ2v) is 5.26. The van der Waals surface area contributed by atoms with Gasteiger partial charge in [0.25, 0.3) is 0 Å². The summed E-state index contributed by atoms with van der Waals surface area (Å²) in [6.07, 6.45) is 4.92. The molecule has 1 aromatic rings. The van der Waals surface area contributed by atoms with Crippen molar-refractivity contribution in [2.45, 2.75) is 45.6 Å². The molecule has 0 aliphatic carbocycles. The molecule has 1 fully saturated rings. The predicted octanol–water partition coefficient (Wildman–Crippen LogP) is 3.22. The highest BCUT2D eigenvalue weighted by Gasteiger charge is 2.23. The molecule has 0 saturated carbocycles. The van der Waals surface area contributed by atoms with Crippen LogP contribution in [0.3, 0.4) is 0 Å². The van der Waals surface area contributed by atoms with Gasteiger partial charge in [-0.3, -0.25) is 0 Å². The topological polar surface area (TPSA) is 15.3 Å². The van der Waals surface area contributed by atoms with Gasteiger partial charge in [-0.05, 0) is 37.4 Å². The van der Waals surface area contributed by atoms with E-state index in [9.17, 15) is 0 Å². The summed E-state index contributed by atoms with van der Waals surface area (Å²) in [6, 6.07) is 9.58. The van der Waals surface area contributed by atoms with Crippen molar-refractivity contribution in [1.29, 1.82) is 0 Å². The first kappa shape index (κ1) is 13.4. The summed E-state index contributed by atoms with van der Waals surface area (Å²) in [7, 11) is 0. The van der Waals surface area contributed by atoms with Crippen LogP contribution in [0.15, 0.2) is 24.3 Å². The molecule has 1 N–H and O–H groups in total. The van der Waals surface area contributed by atoms with Crippen molar-refractivity contribution >= 4 is 5.69 Å². The van der Waals surface area contributed by atoms with Crippen LogP contribution in [0.1, 0.15) is 38.7 Å². The minimum atomic E-state index is 0.680. The number of benzene rings is 1. The summed E-state index contributed by atoms with van der Waals surface area (Å²) in [5, 5.41) is 3.64. The van der Waals surface area contributed by atoms with Gasteiger partial charge >= 0.3 is 0 Å². The highest BCUT2D eigenvalue weighted by Crippen LogP contribution is 2.25. The molecule has 0 amide bonds. The van der Waals surface area contributed by atoms with Crippen LogP contribution < -0.4 is 10.2 Å². The van der Waals surface area contributed by atoms with E-state index in [1.54, 1.807) is 0 Å². The minimum absolute atomic E-state index is 0.680. The second-order valence-electron chi connectivity index (χ2n) is 5.26. The number of hydrogen-bond donors (Lipinski definition) is 1. The van der Waals surface area contributed by atoms with Crippen LogP contribution in [0.5, 0.6) is 0 Å². The predicted molar refractivity (Wildman–Crippen MR) is 79.3 cm³/mol. The fourth-order valence-corrected chi connectivity index (χ4v) is 2.79. The summed E-state index contributed by atoms with van der Waals surface area (Å²) < 4.78 is 0. The summed E-state index contributed by atoms with van der Waals surface area (Å²) in [4.78, 5) is 2.55. The Kier molecular flexibility index (Phi) is 5.06. The van der Waals surface area contributed by atoms with Crippen LogP contribution in [0.25, 0.3) is 0 Å². The lowest BCUT2D eigenvalue weighted by atomic mass is 10.1. The first-order valence-corrected chi connectivity index (χ1v) is 7.41. The monoisotopic (exact) mass is 246 g/mol. The molecule has 1 saturated heterocycles. The third kappa shape index (κ3) is 3.26. The van der Waals surface area contributed by atoms with E-state index >= 15 is 0 Å². The van der Waals surface area contributed by atoms with E-state index in [0.717, 1.165) is 6.54 Å². The van der Waals surface area contributed by atoms with Crippen LogP contribution in [0.2, 0.25) is 0 Å². The Labute approximate surface area is 111 Å². The number of nitrogens with zero attached hydrogens (tertiary/aromatic N) is 1. The zero-order valence-electron chi connectivity index (χ0n) is 11.8. The van der Waals surface area contributed by atoms with Gasteiger partial charge in [0.1, 0.15) is 0 Å². The highest BCUT2D eigenvalue weighted by molar-refractivity contribution is 5.54. The molecule has 2 heteroatoms. The summed E-state index contributed by atoms with van der Waals surface area (Å²) in [6.45, 7) is 8.00. The van der Waals surface area contributed by atoms with Crippen LogP contribution in [0.4, 0.5) is 5.69 Å². The molecule has 1 aliphatic rings. The molecule has 1 aliphatic heterocycles. The van der Waals surface area contributed by atoms with Crippen LogP contribution in [0, 0.1) is 0 Å². The molecule has 100 valence electrons. The van der Waals surface area contributed by atoms with E-state index in [2.05, 4.69) is 48.3 Å². The minimum Gasteiger partial charge on any atom is -0.370 e. The number of hydrogen-bond acceptors (Lipinski definition) is 2. The Morgan fingerprint density at radius 2 is 2.06 bits per heavy atom. The average Bonchev–Trinajstić information content (AvgIpc) is 2.86. The van der Waals surface area contributed by atoms with Gasteiger partial charge in [-0.1, -0.05) is 38.5 Å². The van der Waals surface area contributed by atoms with Crippen molar-refractivity contribution in [3.8, 4) is 0 Å². The second kappa shape index (κ2) is 6.79. The molecule has 1 aromatic carbocycles. The average molecular weight is 246 g/mol. The van der Waals surface area contributed by atoms with Gasteiger partial charge in [-0.15, -0.1) is 0 Å². The molecule has 1 unspecified atom stereocenters. The normalized spacial score (nSPS) is 19.4. The van der Waals surface area contributed by atoms with Crippen LogP contribution in [-0.4, -0.2) is 25.7 Å². The maximum absolute atomic E-state index is 3.64. The maximum Gasteiger partial charge on any atom is 0.0399 e. The zero-order valence-corrected chi connectivity index (χ0v) is 11.8. The number of rotatable bonds is 6. The van der Waals surface area contributed by atoms with Gasteiger partial charge in [0.05, 0.1) is 0 Å². The molecular weight excluding hydrogens is 220 g/mol. The highest BCUT2D eigenvalue weighted by atomic mass is 15.2. The molecule has 0 radical (unpaired) electrons. The van der Waals surface area contributed by atoms with Gasteiger partial charge in [-0.2, -0.15) is 0 Å². The largest absolute Gasteiger partial charge is 0.370 e. The van der Waals surface area contributed by atoms with Gasteiger partial charge in [-0.25, -0.2) is 0 Å². The van der Waals surface area contributed by atoms with Crippen LogP contribution >= 0.6 is 0 Å². The molecule has 2 rings (SSSR count). The third-order valence-electron chi connectivity index (χ3n) is 3.72. The molecule has 2 nitrogen and oxygen atoms in total. The lowest BCUT2D eigenvalue weighted by Gasteiger charge is -2.22. The number of para-hydroxylation sites is 1. The first-order valence-electron chi connectivity index (χ1n) is 7.41. The van der Waals surface area contributed by atoms with E-state index in [-0.39, 0.29) is 0 Å². The van der Waals surface area contributed by atoms with Crippen molar-refractivity contribution in [3.63, 3.8) is 0 Å². The van der Waals surface area contributed by atoms with Gasteiger partial charge < -0.3 is 10.2 Å². The fraction of sp³-hybridized carbons (Fsp3) is 0.625. The maximum atomic E-state index is 3.64. The van der Waals surface area contributed by atoms with E-state index in [1.807, 2.05) is 0 Å². The summed E-state index contributed by atoms with van der Waals surface area (Å²) in [5.41, 5.74) is 2.97. The summed E-state index contributed by atoms with van der Waals surface area (Å²) in [5.74, 6) is 0. The summed E-state index contributed by atoms with van der Waals surface area (Å²) >= 11 is 0. The van der Waals surface area contributed by atoms with Crippen molar-refractivity contribution in [2.75, 3.05) is 24.5 Å². The zero-order chi connectivity index (χ0) is 12.8. The number of aryl methyl sites for hydroxylation is 1. The van der Waals surface area contributed by atoms with E-state index in [0.29, 0.717) is 6.04 Å². The molecule has 18 heavy (non-hydrogen) atoms. The third-order valence-corrected chi connectivity index (χ3v) is 3.72. The molecule has 0 bridgehead atoms. The Morgan fingerprint density at radius 3 is 2.83 bits per heavy atom. The van der Waals surface area contributed by atoms with Crippen molar-refractivity contribution < 1.29 is 0 Å². The fourth-order valence-electron chi connectivity index (χ4n) is 2.79. The van der Waals surface area contributed by atoms with E-state index < -0.39 is 0 Å². The quantitative estimate of drug-likeness (QED) is 0.829. The standard InChI is InChI=1S/C16H26N2/c1-3-7-14-8-5-6-9-16(14)18-12-10-15(13-18)17-11-4-2/h5-6,8-9,15,17H,3-4,7,10-13H2,1-2H3. The van der Waals surface area contributed by atoms with Gasteiger partial charge in [0, 0.05) is 24.8 Å². The Bertz CT molecular complexity index is 362. The van der Waals surface area contributed by atoms with Crippen LogP contribution in [-0.2, 0) is 6.42 Å². The van der Waals surface area contributed by atoms with Gasteiger partial charge in [0.2, 0.25) is 0 Å². The Hall–Kier alpha value is -1.02. The molecular formula is C16H26N2. The molecule has 0 spiro atoms. The van der Waals surface area contributed by atoms with E-state index in [1.165, 1.54) is 50.0 Å². The number of anilines is 1. The van der Waals surface area contributed by atoms with Crippen molar-refractivity contribution in [2.24, 2.45) is 0 Å². The number of nitrogens with one attached hydrogen (secondary N) is 1. The Balaban J connectivity index is 2.00. The molecule has 0 aromatic heterocycles. The molecule has 1 heterocycles. The van der Waals surface area contributed by atoms with Gasteiger partial charge in [0.15, 0.2) is 0 Å². The Morgan fingerprint density at radius 1 is 1.22 bits per heavy atom. The molecule has 1 atom stereocenters. The van der Waals surface area contributed by atoms with Crippen molar-refractivity contribution in [1.82, 2.24) is 5.32 Å². The lowest BCUT2D eigenvalue weighted by Crippen LogP contribution is -2.33. The van der Waals surface area contributed by atoms with Crippen molar-refractivity contribution in [3.05, 3.63) is 29.8 Å². The SMILES string of the molecule is CCCNC1CCN(c2ccccc2CCC)C1. The smallest absolute Gasteiger partial charge is 0.0399 e.